The first kappa shape index (κ1) is 20.2. The number of aromatic nitrogens is 2. The number of nitrogens with zero attached hydrogens (tertiary/aromatic N) is 2. The van der Waals surface area contributed by atoms with E-state index in [0.717, 1.165) is 34.3 Å². The number of aliphatic hydroxyl groups excluding tert-OH is 1. The van der Waals surface area contributed by atoms with E-state index in [-0.39, 0.29) is 6.61 Å². The molecule has 0 saturated heterocycles. The quantitative estimate of drug-likeness (QED) is 0.312. The van der Waals surface area contributed by atoms with Crippen LogP contribution in [-0.2, 0) is 18.1 Å². The van der Waals surface area contributed by atoms with Gasteiger partial charge >= 0.3 is 0 Å². The van der Waals surface area contributed by atoms with Crippen molar-refractivity contribution < 1.29 is 14.6 Å². The fraction of sp³-hybridized carbons (Fsp3) is 0.318. The standard InChI is InChI=1S/C22H25ClN2O3Si/c1-29(2,3)11-10-27-14-25-20(13-26)24-21-17-12-15(23)8-9-19(17)28-18-7-5-4-6-16(18)22(21)25/h4-9,12,26H,10-11,13-14H2,1-3H3. The minimum atomic E-state index is -1.18. The Hall–Kier alpha value is -2.12. The third kappa shape index (κ3) is 4.11. The van der Waals surface area contributed by atoms with Crippen LogP contribution in [-0.4, -0.2) is 29.3 Å². The van der Waals surface area contributed by atoms with Crippen molar-refractivity contribution in [3.63, 3.8) is 0 Å². The summed E-state index contributed by atoms with van der Waals surface area (Å²) >= 11 is 6.27. The predicted molar refractivity (Wildman–Crippen MR) is 118 cm³/mol. The first-order chi connectivity index (χ1) is 13.9. The molecule has 29 heavy (non-hydrogen) atoms. The van der Waals surface area contributed by atoms with E-state index >= 15 is 0 Å². The number of benzene rings is 2. The minimum absolute atomic E-state index is 0.177. The number of aliphatic hydroxyl groups is 1. The van der Waals surface area contributed by atoms with Gasteiger partial charge in [-0.15, -0.1) is 0 Å². The molecule has 7 heteroatoms. The molecule has 0 fully saturated rings. The summed E-state index contributed by atoms with van der Waals surface area (Å²) in [7, 11) is -1.18. The Labute approximate surface area is 176 Å². The number of fused-ring (bicyclic) bond motifs is 5. The van der Waals surface area contributed by atoms with Crippen LogP contribution < -0.4 is 4.74 Å². The van der Waals surface area contributed by atoms with Gasteiger partial charge in [-0.25, -0.2) is 4.98 Å². The highest BCUT2D eigenvalue weighted by Crippen LogP contribution is 2.47. The number of imidazole rings is 1. The van der Waals surface area contributed by atoms with Crippen LogP contribution in [0.2, 0.25) is 30.7 Å². The Morgan fingerprint density at radius 3 is 2.62 bits per heavy atom. The van der Waals surface area contributed by atoms with E-state index in [2.05, 4.69) is 19.6 Å². The lowest BCUT2D eigenvalue weighted by Gasteiger charge is -2.17. The summed E-state index contributed by atoms with van der Waals surface area (Å²) in [5.74, 6) is 1.99. The molecule has 0 saturated carbocycles. The highest BCUT2D eigenvalue weighted by molar-refractivity contribution is 6.76. The van der Waals surface area contributed by atoms with Crippen molar-refractivity contribution in [3.8, 4) is 34.0 Å². The second-order valence-corrected chi connectivity index (χ2v) is 14.5. The molecule has 0 aliphatic carbocycles. The molecule has 0 amide bonds. The van der Waals surface area contributed by atoms with Gasteiger partial charge in [0.25, 0.3) is 0 Å². The van der Waals surface area contributed by atoms with Crippen molar-refractivity contribution in [2.45, 2.75) is 39.0 Å². The van der Waals surface area contributed by atoms with E-state index in [1.807, 2.05) is 41.0 Å². The molecular formula is C22H25ClN2O3Si. The molecule has 0 bridgehead atoms. The summed E-state index contributed by atoms with van der Waals surface area (Å²) in [6.45, 7) is 7.82. The zero-order valence-electron chi connectivity index (χ0n) is 16.9. The molecule has 5 nitrogen and oxygen atoms in total. The molecule has 1 aliphatic heterocycles. The molecule has 4 rings (SSSR count). The fourth-order valence-electron chi connectivity index (χ4n) is 3.40. The number of rotatable bonds is 6. The van der Waals surface area contributed by atoms with Crippen molar-refractivity contribution in [2.24, 2.45) is 0 Å². The molecule has 0 radical (unpaired) electrons. The maximum absolute atomic E-state index is 9.98. The van der Waals surface area contributed by atoms with Crippen LogP contribution in [0.4, 0.5) is 0 Å². The summed E-state index contributed by atoms with van der Waals surface area (Å²) in [5.41, 5.74) is 3.33. The van der Waals surface area contributed by atoms with Crippen LogP contribution in [0.25, 0.3) is 22.5 Å². The molecule has 0 spiro atoms. The molecule has 2 heterocycles. The lowest BCUT2D eigenvalue weighted by atomic mass is 10.0. The van der Waals surface area contributed by atoms with Crippen LogP contribution in [0, 0.1) is 0 Å². The zero-order chi connectivity index (χ0) is 20.6. The van der Waals surface area contributed by atoms with E-state index in [1.54, 1.807) is 6.07 Å². The molecule has 152 valence electrons. The number of halogens is 1. The predicted octanol–water partition coefficient (Wildman–Crippen LogP) is 5.78. The number of hydrogen-bond acceptors (Lipinski definition) is 4. The van der Waals surface area contributed by atoms with Crippen LogP contribution in [0.3, 0.4) is 0 Å². The molecular weight excluding hydrogens is 404 g/mol. The summed E-state index contributed by atoms with van der Waals surface area (Å²) in [5, 5.41) is 10.6. The molecule has 1 aliphatic rings. The van der Waals surface area contributed by atoms with Crippen molar-refractivity contribution in [2.75, 3.05) is 6.61 Å². The first-order valence-corrected chi connectivity index (χ1v) is 13.8. The van der Waals surface area contributed by atoms with Gasteiger partial charge in [-0.05, 0) is 36.4 Å². The Balaban J connectivity index is 1.82. The number of para-hydroxylation sites is 1. The molecule has 1 aromatic heterocycles. The lowest BCUT2D eigenvalue weighted by Crippen LogP contribution is -2.22. The van der Waals surface area contributed by atoms with Crippen LogP contribution in [0.1, 0.15) is 5.82 Å². The normalized spacial score (nSPS) is 12.6. The van der Waals surface area contributed by atoms with Gasteiger partial charge in [-0.2, -0.15) is 0 Å². The van der Waals surface area contributed by atoms with Crippen molar-refractivity contribution in [1.82, 2.24) is 9.55 Å². The number of hydrogen-bond donors (Lipinski definition) is 1. The van der Waals surface area contributed by atoms with Gasteiger partial charge in [0.1, 0.15) is 36.4 Å². The van der Waals surface area contributed by atoms with Crippen LogP contribution >= 0.6 is 11.6 Å². The highest BCUT2D eigenvalue weighted by atomic mass is 35.5. The summed E-state index contributed by atoms with van der Waals surface area (Å²) in [4.78, 5) is 4.74. The molecule has 1 N–H and O–H groups in total. The highest BCUT2D eigenvalue weighted by Gasteiger charge is 2.28. The summed E-state index contributed by atoms with van der Waals surface area (Å²) < 4.78 is 14.1. The van der Waals surface area contributed by atoms with Crippen LogP contribution in [0.15, 0.2) is 42.5 Å². The average molecular weight is 429 g/mol. The Morgan fingerprint density at radius 1 is 1.10 bits per heavy atom. The van der Waals surface area contributed by atoms with Gasteiger partial charge < -0.3 is 19.1 Å². The third-order valence-corrected chi connectivity index (χ3v) is 6.90. The van der Waals surface area contributed by atoms with Gasteiger partial charge in [0, 0.05) is 30.8 Å². The Kier molecular flexibility index (Phi) is 5.53. The largest absolute Gasteiger partial charge is 0.456 e. The Morgan fingerprint density at radius 2 is 1.86 bits per heavy atom. The third-order valence-electron chi connectivity index (χ3n) is 4.96. The molecule has 2 aromatic carbocycles. The average Bonchev–Trinajstić information content (AvgIpc) is 2.98. The van der Waals surface area contributed by atoms with Gasteiger partial charge in [0.05, 0.1) is 5.69 Å². The van der Waals surface area contributed by atoms with Gasteiger partial charge in [-0.3, -0.25) is 0 Å². The second kappa shape index (κ2) is 7.95. The smallest absolute Gasteiger partial charge is 0.137 e. The number of ether oxygens (including phenoxy) is 2. The van der Waals surface area contributed by atoms with Gasteiger partial charge in [0.2, 0.25) is 0 Å². The molecule has 3 aromatic rings. The minimum Gasteiger partial charge on any atom is -0.456 e. The van der Waals surface area contributed by atoms with E-state index in [4.69, 9.17) is 26.1 Å². The summed E-state index contributed by atoms with van der Waals surface area (Å²) in [6.07, 6.45) is 0. The maximum Gasteiger partial charge on any atom is 0.137 e. The van der Waals surface area contributed by atoms with Crippen molar-refractivity contribution in [1.29, 1.82) is 0 Å². The second-order valence-electron chi connectivity index (χ2n) is 8.40. The monoisotopic (exact) mass is 428 g/mol. The maximum atomic E-state index is 9.98. The first-order valence-electron chi connectivity index (χ1n) is 9.72. The van der Waals surface area contributed by atoms with E-state index < -0.39 is 8.07 Å². The summed E-state index contributed by atoms with van der Waals surface area (Å²) in [6, 6.07) is 14.4. The van der Waals surface area contributed by atoms with E-state index in [9.17, 15) is 5.11 Å². The van der Waals surface area contributed by atoms with Gasteiger partial charge in [-0.1, -0.05) is 43.4 Å². The molecule has 0 atom stereocenters. The van der Waals surface area contributed by atoms with Gasteiger partial charge in [0.15, 0.2) is 0 Å². The Bertz CT molecular complexity index is 1040. The zero-order valence-corrected chi connectivity index (χ0v) is 18.7. The van der Waals surface area contributed by atoms with E-state index in [0.29, 0.717) is 29.9 Å². The van der Waals surface area contributed by atoms with E-state index in [1.165, 1.54) is 0 Å². The SMILES string of the molecule is C[Si](C)(C)CCOCn1c(CO)nc2c1-c1ccccc1Oc1ccc(Cl)cc1-2. The fourth-order valence-corrected chi connectivity index (χ4v) is 4.33. The topological polar surface area (TPSA) is 56.5 Å². The van der Waals surface area contributed by atoms with Crippen LogP contribution in [0.5, 0.6) is 11.5 Å². The van der Waals surface area contributed by atoms with Crippen molar-refractivity contribution in [3.05, 3.63) is 53.3 Å². The molecule has 0 unspecified atom stereocenters. The van der Waals surface area contributed by atoms with Crippen molar-refractivity contribution >= 4 is 19.7 Å². The lowest BCUT2D eigenvalue weighted by molar-refractivity contribution is 0.0828.